The molecule has 0 aromatic rings. The van der Waals surface area contributed by atoms with Crippen LogP contribution in [0.15, 0.2) is 0 Å². The third-order valence-corrected chi connectivity index (χ3v) is 4.33. The largest absolute Gasteiger partial charge is 0.325 e. The van der Waals surface area contributed by atoms with Gasteiger partial charge in [-0.2, -0.15) is 0 Å². The fourth-order valence-electron chi connectivity index (χ4n) is 1.82. The van der Waals surface area contributed by atoms with E-state index in [4.69, 9.17) is 5.73 Å². The monoisotopic (exact) mass is 241 g/mol. The van der Waals surface area contributed by atoms with Crippen molar-refractivity contribution in [1.29, 1.82) is 0 Å². The summed E-state index contributed by atoms with van der Waals surface area (Å²) in [7, 11) is 0. The van der Waals surface area contributed by atoms with E-state index in [9.17, 15) is 4.79 Å². The summed E-state index contributed by atoms with van der Waals surface area (Å²) >= 11 is 0. The Morgan fingerprint density at radius 1 is 1.18 bits per heavy atom. The third-order valence-electron chi connectivity index (χ3n) is 4.33. The summed E-state index contributed by atoms with van der Waals surface area (Å²) in [6.07, 6.45) is 5.37. The second-order valence-electron chi connectivity index (χ2n) is 6.39. The maximum Gasteiger partial charge on any atom is 0.140 e. The van der Waals surface area contributed by atoms with Crippen LogP contribution < -0.4 is 5.73 Å². The number of carbonyl (C=O) groups excluding carboxylic acids is 1. The van der Waals surface area contributed by atoms with Gasteiger partial charge >= 0.3 is 0 Å². The molecule has 1 atom stereocenters. The molecule has 0 heterocycles. The van der Waals surface area contributed by atoms with Gasteiger partial charge in [-0.1, -0.05) is 53.4 Å². The third kappa shape index (κ3) is 4.79. The van der Waals surface area contributed by atoms with Crippen molar-refractivity contribution in [3.05, 3.63) is 0 Å². The molecule has 2 N–H and O–H groups in total. The van der Waals surface area contributed by atoms with E-state index >= 15 is 0 Å². The lowest BCUT2D eigenvalue weighted by atomic mass is 9.69. The Hall–Kier alpha value is -0.370. The number of rotatable bonds is 8. The van der Waals surface area contributed by atoms with E-state index < -0.39 is 11.0 Å². The van der Waals surface area contributed by atoms with Crippen molar-refractivity contribution in [2.24, 2.45) is 17.1 Å². The van der Waals surface area contributed by atoms with Crippen molar-refractivity contribution in [3.8, 4) is 0 Å². The van der Waals surface area contributed by atoms with Gasteiger partial charge in [-0.05, 0) is 19.8 Å². The Balaban J connectivity index is 4.51. The van der Waals surface area contributed by atoms with E-state index in [2.05, 4.69) is 13.8 Å². The fourth-order valence-corrected chi connectivity index (χ4v) is 1.82. The molecule has 0 aromatic carbocycles. The van der Waals surface area contributed by atoms with Crippen LogP contribution in [0.5, 0.6) is 0 Å². The Bertz CT molecular complexity index is 238. The zero-order chi connectivity index (χ0) is 13.7. The maximum absolute atomic E-state index is 12.4. The Kier molecular flexibility index (Phi) is 6.39. The van der Waals surface area contributed by atoms with E-state index in [0.29, 0.717) is 18.1 Å². The lowest BCUT2D eigenvalue weighted by Crippen LogP contribution is -2.52. The van der Waals surface area contributed by atoms with Gasteiger partial charge in [-0.3, -0.25) is 4.79 Å². The average Bonchev–Trinajstić information content (AvgIpc) is 2.22. The summed E-state index contributed by atoms with van der Waals surface area (Å²) in [5, 5.41) is 0. The van der Waals surface area contributed by atoms with Gasteiger partial charge in [-0.15, -0.1) is 0 Å². The zero-order valence-corrected chi connectivity index (χ0v) is 12.6. The fraction of sp³-hybridized carbons (Fsp3) is 0.933. The zero-order valence-electron chi connectivity index (χ0n) is 12.6. The molecule has 0 rings (SSSR count). The summed E-state index contributed by atoms with van der Waals surface area (Å²) in [5.74, 6) is 0.844. The first-order valence-electron chi connectivity index (χ1n) is 6.99. The van der Waals surface area contributed by atoms with Gasteiger partial charge in [0.15, 0.2) is 0 Å². The van der Waals surface area contributed by atoms with E-state index in [0.717, 1.165) is 6.42 Å². The van der Waals surface area contributed by atoms with Crippen molar-refractivity contribution >= 4 is 5.78 Å². The van der Waals surface area contributed by atoms with Crippen LogP contribution in [0.3, 0.4) is 0 Å². The topological polar surface area (TPSA) is 43.1 Å². The standard InChI is InChI=1S/C15H31NO/c1-7-9-10-12(8-2)11-13(17)14(3,4)15(5,6)16/h12H,7-11,16H2,1-6H3. The van der Waals surface area contributed by atoms with E-state index in [1.807, 2.05) is 27.7 Å². The number of hydrogen-bond donors (Lipinski definition) is 1. The smallest absolute Gasteiger partial charge is 0.140 e. The van der Waals surface area contributed by atoms with Crippen LogP contribution in [0.25, 0.3) is 0 Å². The highest BCUT2D eigenvalue weighted by molar-refractivity contribution is 5.85. The molecular weight excluding hydrogens is 210 g/mol. The molecule has 0 spiro atoms. The summed E-state index contributed by atoms with van der Waals surface area (Å²) in [6.45, 7) is 12.2. The number of Topliss-reactive ketones (excluding diaryl/α,β-unsaturated/α-hetero) is 1. The Labute approximate surface area is 107 Å². The van der Waals surface area contributed by atoms with Gasteiger partial charge in [0.05, 0.1) is 0 Å². The van der Waals surface area contributed by atoms with Gasteiger partial charge in [0.1, 0.15) is 5.78 Å². The molecule has 0 fully saturated rings. The first-order valence-corrected chi connectivity index (χ1v) is 6.99. The van der Waals surface area contributed by atoms with Crippen LogP contribution in [-0.4, -0.2) is 11.3 Å². The number of ketones is 1. The SMILES string of the molecule is CCCCC(CC)CC(=O)C(C)(C)C(C)(C)N. The minimum Gasteiger partial charge on any atom is -0.325 e. The number of hydrogen-bond acceptors (Lipinski definition) is 2. The molecule has 17 heavy (non-hydrogen) atoms. The predicted octanol–water partition coefficient (Wildman–Crippen LogP) is 3.93. The molecule has 1 unspecified atom stereocenters. The quantitative estimate of drug-likeness (QED) is 0.700. The van der Waals surface area contributed by atoms with Gasteiger partial charge in [0, 0.05) is 17.4 Å². The number of unbranched alkanes of at least 4 members (excludes halogenated alkanes) is 1. The van der Waals surface area contributed by atoms with Crippen LogP contribution in [-0.2, 0) is 4.79 Å². The second-order valence-corrected chi connectivity index (χ2v) is 6.39. The van der Waals surface area contributed by atoms with Crippen molar-refractivity contribution in [3.63, 3.8) is 0 Å². The highest BCUT2D eigenvalue weighted by Gasteiger charge is 2.40. The predicted molar refractivity (Wildman–Crippen MR) is 75.0 cm³/mol. The van der Waals surface area contributed by atoms with Crippen LogP contribution in [0, 0.1) is 11.3 Å². The molecular formula is C15H31NO. The lowest BCUT2D eigenvalue weighted by molar-refractivity contribution is -0.131. The molecule has 0 aliphatic heterocycles. The van der Waals surface area contributed by atoms with E-state index in [1.54, 1.807) is 0 Å². The molecule has 0 saturated carbocycles. The molecule has 0 saturated heterocycles. The van der Waals surface area contributed by atoms with Crippen LogP contribution in [0.2, 0.25) is 0 Å². The molecule has 0 bridgehead atoms. The first-order chi connectivity index (χ1) is 7.66. The average molecular weight is 241 g/mol. The number of carbonyl (C=O) groups is 1. The minimum atomic E-state index is -0.451. The maximum atomic E-state index is 12.4. The molecule has 0 radical (unpaired) electrons. The summed E-state index contributed by atoms with van der Waals surface area (Å²) in [6, 6.07) is 0. The Morgan fingerprint density at radius 2 is 1.71 bits per heavy atom. The van der Waals surface area contributed by atoms with Crippen molar-refractivity contribution < 1.29 is 4.79 Å². The first kappa shape index (κ1) is 16.6. The molecule has 0 aliphatic carbocycles. The van der Waals surface area contributed by atoms with Crippen molar-refractivity contribution in [2.75, 3.05) is 0 Å². The van der Waals surface area contributed by atoms with Gasteiger partial charge in [0.2, 0.25) is 0 Å². The molecule has 0 amide bonds. The highest BCUT2D eigenvalue weighted by Crippen LogP contribution is 2.33. The van der Waals surface area contributed by atoms with E-state index in [-0.39, 0.29) is 0 Å². The van der Waals surface area contributed by atoms with Crippen LogP contribution >= 0.6 is 0 Å². The lowest BCUT2D eigenvalue weighted by Gasteiger charge is -2.38. The van der Waals surface area contributed by atoms with E-state index in [1.165, 1.54) is 19.3 Å². The van der Waals surface area contributed by atoms with Gasteiger partial charge < -0.3 is 5.73 Å². The van der Waals surface area contributed by atoms with Crippen molar-refractivity contribution in [2.45, 2.75) is 79.2 Å². The molecule has 0 aromatic heterocycles. The normalized spacial score (nSPS) is 14.8. The second kappa shape index (κ2) is 6.53. The highest BCUT2D eigenvalue weighted by atomic mass is 16.1. The molecule has 2 heteroatoms. The van der Waals surface area contributed by atoms with Gasteiger partial charge in [-0.25, -0.2) is 0 Å². The van der Waals surface area contributed by atoms with Crippen LogP contribution in [0.4, 0.5) is 0 Å². The number of nitrogens with two attached hydrogens (primary N) is 1. The minimum absolute atomic E-state index is 0.313. The Morgan fingerprint density at radius 3 is 2.06 bits per heavy atom. The molecule has 0 aliphatic rings. The summed E-state index contributed by atoms with van der Waals surface area (Å²) in [5.41, 5.74) is 5.22. The summed E-state index contributed by atoms with van der Waals surface area (Å²) in [4.78, 5) is 12.4. The van der Waals surface area contributed by atoms with Crippen molar-refractivity contribution in [1.82, 2.24) is 0 Å². The summed E-state index contributed by atoms with van der Waals surface area (Å²) < 4.78 is 0. The molecule has 2 nitrogen and oxygen atoms in total. The molecule has 102 valence electrons. The van der Waals surface area contributed by atoms with Gasteiger partial charge in [0.25, 0.3) is 0 Å². The van der Waals surface area contributed by atoms with Crippen LogP contribution in [0.1, 0.15) is 73.6 Å².